The molecule has 0 fully saturated rings. The van der Waals surface area contributed by atoms with Crippen molar-refractivity contribution in [2.45, 2.75) is 47.0 Å². The highest BCUT2D eigenvalue weighted by molar-refractivity contribution is 4.96. The fourth-order valence-corrected chi connectivity index (χ4v) is 1.29. The van der Waals surface area contributed by atoms with Crippen molar-refractivity contribution >= 4 is 0 Å². The van der Waals surface area contributed by atoms with Crippen molar-refractivity contribution in [3.63, 3.8) is 0 Å². The lowest BCUT2D eigenvalue weighted by Gasteiger charge is -2.05. The second-order valence-corrected chi connectivity index (χ2v) is 4.00. The number of hydrogen-bond donors (Lipinski definition) is 0. The quantitative estimate of drug-likeness (QED) is 0.736. The molecule has 78 valence electrons. The third-order valence-electron chi connectivity index (χ3n) is 2.10. The molecule has 0 aromatic carbocycles. The van der Waals surface area contributed by atoms with Crippen LogP contribution in [0.5, 0.6) is 0 Å². The highest BCUT2D eigenvalue weighted by atomic mass is 15.0. The Labute approximate surface area is 86.0 Å². The fourth-order valence-electron chi connectivity index (χ4n) is 1.29. The molecule has 0 atom stereocenters. The third-order valence-corrected chi connectivity index (χ3v) is 2.10. The van der Waals surface area contributed by atoms with Gasteiger partial charge in [0.05, 0.1) is 0 Å². The largest absolute Gasteiger partial charge is 0.218 e. The third kappa shape index (κ3) is 3.40. The summed E-state index contributed by atoms with van der Waals surface area (Å²) in [6, 6.07) is 0. The van der Waals surface area contributed by atoms with Crippen molar-refractivity contribution in [2.75, 3.05) is 0 Å². The van der Waals surface area contributed by atoms with Crippen LogP contribution in [0.4, 0.5) is 0 Å². The molecule has 0 spiro atoms. The summed E-state index contributed by atoms with van der Waals surface area (Å²) < 4.78 is 0. The van der Waals surface area contributed by atoms with Crippen LogP contribution in [0.15, 0.2) is 0 Å². The Morgan fingerprint density at radius 2 is 1.71 bits per heavy atom. The minimum Gasteiger partial charge on any atom is -0.218 e. The van der Waals surface area contributed by atoms with Gasteiger partial charge >= 0.3 is 0 Å². The Kier molecular flexibility index (Phi) is 3.98. The van der Waals surface area contributed by atoms with Crippen molar-refractivity contribution in [3.05, 3.63) is 17.5 Å². The van der Waals surface area contributed by atoms with Crippen molar-refractivity contribution in [1.82, 2.24) is 15.0 Å². The molecule has 3 nitrogen and oxygen atoms in total. The number of hydrogen-bond acceptors (Lipinski definition) is 3. The molecule has 0 aliphatic heterocycles. The maximum Gasteiger partial charge on any atom is 0.132 e. The summed E-state index contributed by atoms with van der Waals surface area (Å²) in [6.45, 7) is 8.43. The topological polar surface area (TPSA) is 38.7 Å². The van der Waals surface area contributed by atoms with E-state index in [2.05, 4.69) is 35.7 Å². The van der Waals surface area contributed by atoms with Crippen LogP contribution < -0.4 is 0 Å². The van der Waals surface area contributed by atoms with Gasteiger partial charge in [-0.1, -0.05) is 20.8 Å². The molecule has 0 amide bonds. The number of aromatic nitrogens is 3. The van der Waals surface area contributed by atoms with Crippen LogP contribution in [0, 0.1) is 12.8 Å². The lowest BCUT2D eigenvalue weighted by atomic mass is 10.1. The van der Waals surface area contributed by atoms with E-state index in [4.69, 9.17) is 0 Å². The van der Waals surface area contributed by atoms with Gasteiger partial charge in [0, 0.05) is 12.8 Å². The van der Waals surface area contributed by atoms with Crippen LogP contribution >= 0.6 is 0 Å². The van der Waals surface area contributed by atoms with Gasteiger partial charge in [0.25, 0.3) is 0 Å². The van der Waals surface area contributed by atoms with Crippen molar-refractivity contribution in [2.24, 2.45) is 5.92 Å². The van der Waals surface area contributed by atoms with E-state index in [1.807, 2.05) is 6.92 Å². The van der Waals surface area contributed by atoms with Crippen molar-refractivity contribution in [1.29, 1.82) is 0 Å². The first-order valence-corrected chi connectivity index (χ1v) is 5.32. The molecule has 0 saturated heterocycles. The standard InChI is InChI=1S/C11H19N3/c1-5-10-12-9(4)13-11(14-10)7-6-8(2)3/h8H,5-7H2,1-4H3. The molecule has 0 aliphatic carbocycles. The van der Waals surface area contributed by atoms with Crippen LogP contribution in [0.3, 0.4) is 0 Å². The molecule has 0 radical (unpaired) electrons. The van der Waals surface area contributed by atoms with E-state index >= 15 is 0 Å². The van der Waals surface area contributed by atoms with E-state index < -0.39 is 0 Å². The van der Waals surface area contributed by atoms with E-state index in [1.54, 1.807) is 0 Å². The second kappa shape index (κ2) is 5.03. The summed E-state index contributed by atoms with van der Waals surface area (Å²) in [5.74, 6) is 3.41. The molecule has 1 heterocycles. The Hall–Kier alpha value is -0.990. The molecule has 1 aromatic rings. The Bertz CT molecular complexity index is 295. The smallest absolute Gasteiger partial charge is 0.132 e. The van der Waals surface area contributed by atoms with Crippen LogP contribution in [0.2, 0.25) is 0 Å². The highest BCUT2D eigenvalue weighted by Crippen LogP contribution is 2.05. The van der Waals surface area contributed by atoms with Crippen molar-refractivity contribution < 1.29 is 0 Å². The molecule has 0 N–H and O–H groups in total. The molecule has 1 rings (SSSR count). The molecule has 0 bridgehead atoms. The average molecular weight is 193 g/mol. The lowest BCUT2D eigenvalue weighted by Crippen LogP contribution is -2.05. The molecule has 0 saturated carbocycles. The normalized spacial score (nSPS) is 10.9. The SMILES string of the molecule is CCc1nc(C)nc(CCC(C)C)n1. The first-order valence-electron chi connectivity index (χ1n) is 5.32. The molecular weight excluding hydrogens is 174 g/mol. The Morgan fingerprint density at radius 1 is 1.07 bits per heavy atom. The minimum absolute atomic E-state index is 0.706. The average Bonchev–Trinajstić information content (AvgIpc) is 2.14. The first kappa shape index (κ1) is 11.1. The van der Waals surface area contributed by atoms with Gasteiger partial charge in [-0.2, -0.15) is 0 Å². The summed E-state index contributed by atoms with van der Waals surface area (Å²) in [5, 5.41) is 0. The van der Waals surface area contributed by atoms with Gasteiger partial charge in [-0.3, -0.25) is 0 Å². The van der Waals surface area contributed by atoms with Gasteiger partial charge in [0.2, 0.25) is 0 Å². The molecule has 14 heavy (non-hydrogen) atoms. The predicted molar refractivity (Wildman–Crippen MR) is 57.1 cm³/mol. The molecular formula is C11H19N3. The van der Waals surface area contributed by atoms with Gasteiger partial charge in [0.1, 0.15) is 17.5 Å². The number of rotatable bonds is 4. The Morgan fingerprint density at radius 3 is 2.29 bits per heavy atom. The van der Waals surface area contributed by atoms with Crippen LogP contribution in [0.1, 0.15) is 44.7 Å². The van der Waals surface area contributed by atoms with Crippen LogP contribution in [-0.4, -0.2) is 15.0 Å². The summed E-state index contributed by atoms with van der Waals surface area (Å²) in [6.07, 6.45) is 3.00. The van der Waals surface area contributed by atoms with E-state index in [-0.39, 0.29) is 0 Å². The van der Waals surface area contributed by atoms with E-state index in [9.17, 15) is 0 Å². The maximum absolute atomic E-state index is 4.40. The summed E-state index contributed by atoms with van der Waals surface area (Å²) in [4.78, 5) is 13.0. The van der Waals surface area contributed by atoms with E-state index in [0.29, 0.717) is 5.92 Å². The summed E-state index contributed by atoms with van der Waals surface area (Å²) in [7, 11) is 0. The zero-order valence-corrected chi connectivity index (χ0v) is 9.54. The van der Waals surface area contributed by atoms with Gasteiger partial charge in [-0.05, 0) is 19.3 Å². The van der Waals surface area contributed by atoms with Gasteiger partial charge < -0.3 is 0 Å². The van der Waals surface area contributed by atoms with Gasteiger partial charge in [-0.25, -0.2) is 15.0 Å². The number of nitrogens with zero attached hydrogens (tertiary/aromatic N) is 3. The molecule has 1 aromatic heterocycles. The fraction of sp³-hybridized carbons (Fsp3) is 0.727. The first-order chi connectivity index (χ1) is 6.61. The molecule has 0 aliphatic rings. The monoisotopic (exact) mass is 193 g/mol. The molecule has 0 unspecified atom stereocenters. The molecule has 3 heteroatoms. The van der Waals surface area contributed by atoms with Crippen molar-refractivity contribution in [3.8, 4) is 0 Å². The maximum atomic E-state index is 4.40. The Balaban J connectivity index is 2.71. The van der Waals surface area contributed by atoms with Crippen LogP contribution in [-0.2, 0) is 12.8 Å². The lowest BCUT2D eigenvalue weighted by molar-refractivity contribution is 0.570. The minimum atomic E-state index is 0.706. The van der Waals surface area contributed by atoms with Gasteiger partial charge in [0.15, 0.2) is 0 Å². The predicted octanol–water partition coefficient (Wildman–Crippen LogP) is 2.33. The zero-order valence-electron chi connectivity index (χ0n) is 9.54. The summed E-state index contributed by atoms with van der Waals surface area (Å²) >= 11 is 0. The van der Waals surface area contributed by atoms with Crippen LogP contribution in [0.25, 0.3) is 0 Å². The van der Waals surface area contributed by atoms with Gasteiger partial charge in [-0.15, -0.1) is 0 Å². The zero-order chi connectivity index (χ0) is 10.6. The second-order valence-electron chi connectivity index (χ2n) is 4.00. The number of aryl methyl sites for hydroxylation is 3. The van der Waals surface area contributed by atoms with E-state index in [1.165, 1.54) is 0 Å². The van der Waals surface area contributed by atoms with E-state index in [0.717, 1.165) is 36.7 Å². The highest BCUT2D eigenvalue weighted by Gasteiger charge is 2.03. The summed E-state index contributed by atoms with van der Waals surface area (Å²) in [5.41, 5.74) is 0.